The lowest BCUT2D eigenvalue weighted by Gasteiger charge is -2.45. The Morgan fingerprint density at radius 1 is 1.28 bits per heavy atom. The van der Waals surface area contributed by atoms with Gasteiger partial charge in [0.2, 0.25) is 5.91 Å². The van der Waals surface area contributed by atoms with E-state index in [-0.39, 0.29) is 24.3 Å². The van der Waals surface area contributed by atoms with Gasteiger partial charge in [0.15, 0.2) is 0 Å². The Balaban J connectivity index is 1.75. The van der Waals surface area contributed by atoms with Crippen LogP contribution in [0.3, 0.4) is 0 Å². The molecular weight excluding hydrogens is 541 g/mol. The molecule has 3 heterocycles. The summed E-state index contributed by atoms with van der Waals surface area (Å²) in [7, 11) is 2.13. The van der Waals surface area contributed by atoms with Crippen molar-refractivity contribution in [3.8, 4) is 11.1 Å². The van der Waals surface area contributed by atoms with Crippen molar-refractivity contribution >= 4 is 46.0 Å². The highest BCUT2D eigenvalue weighted by molar-refractivity contribution is 14.1. The van der Waals surface area contributed by atoms with Gasteiger partial charge in [-0.05, 0) is 53.4 Å². The summed E-state index contributed by atoms with van der Waals surface area (Å²) in [5.41, 5.74) is 7.83. The molecule has 172 valence electrons. The van der Waals surface area contributed by atoms with E-state index in [0.29, 0.717) is 17.3 Å². The lowest BCUT2D eigenvalue weighted by molar-refractivity contribution is -0.121. The minimum atomic E-state index is -0.436. The topological polar surface area (TPSA) is 83.6 Å². The highest BCUT2D eigenvalue weighted by Crippen LogP contribution is 2.42. The van der Waals surface area contributed by atoms with Crippen molar-refractivity contribution in [1.82, 2.24) is 19.7 Å². The lowest BCUT2D eigenvalue weighted by Crippen LogP contribution is -2.54. The smallest absolute Gasteiger partial charge is 0.268 e. The Bertz CT molecular complexity index is 1030. The molecule has 4 rings (SSSR count). The number of likely N-dealkylation sites (N-methyl/N-ethyl adjacent to an activating group) is 1. The average Bonchev–Trinajstić information content (AvgIpc) is 3.08. The number of nitrogens with zero attached hydrogens (tertiary/aromatic N) is 3. The summed E-state index contributed by atoms with van der Waals surface area (Å²) in [6.07, 6.45) is 0.250. The Hall–Kier alpha value is -1.62. The van der Waals surface area contributed by atoms with Gasteiger partial charge < -0.3 is 25.4 Å². The number of fused-ring (bicyclic) bond motifs is 1. The fraction of sp³-hybridized carbons (Fsp3) is 0.478. The van der Waals surface area contributed by atoms with Gasteiger partial charge in [-0.1, -0.05) is 30.7 Å². The maximum Gasteiger partial charge on any atom is 0.268 e. The van der Waals surface area contributed by atoms with Crippen molar-refractivity contribution in [1.29, 1.82) is 0 Å². The molecule has 32 heavy (non-hydrogen) atoms. The standard InChI is InChI=1S/C23H29ClIN5O2/c1-23(12-20(26)31,14-29-8-6-28(2)7-9-29)19-13-27-22(32)18-11-17(21(25)30(18)19)15-4-3-5-16(24)10-15/h3-5,10-11,19H,6-9,12-14H2,1-2H3,(H2,26,31)(H,27,32)/t19-,23+/m1/s1. The molecule has 0 saturated carbocycles. The van der Waals surface area contributed by atoms with Crippen LogP contribution >= 0.6 is 34.2 Å². The predicted octanol–water partition coefficient (Wildman–Crippen LogP) is 2.83. The number of carbonyl (C=O) groups is 2. The fourth-order valence-corrected chi connectivity index (χ4v) is 6.22. The van der Waals surface area contributed by atoms with E-state index in [1.165, 1.54) is 0 Å². The molecule has 2 aliphatic heterocycles. The van der Waals surface area contributed by atoms with Gasteiger partial charge in [-0.3, -0.25) is 9.59 Å². The second kappa shape index (κ2) is 9.32. The maximum atomic E-state index is 12.8. The van der Waals surface area contributed by atoms with Crippen LogP contribution in [-0.4, -0.2) is 72.5 Å². The van der Waals surface area contributed by atoms with E-state index in [4.69, 9.17) is 17.3 Å². The van der Waals surface area contributed by atoms with E-state index in [2.05, 4.69) is 56.2 Å². The molecule has 7 nitrogen and oxygen atoms in total. The summed E-state index contributed by atoms with van der Waals surface area (Å²) in [6.45, 7) is 7.23. The Labute approximate surface area is 207 Å². The third-order valence-electron chi connectivity index (χ3n) is 6.67. The molecule has 0 unspecified atom stereocenters. The van der Waals surface area contributed by atoms with E-state index in [1.807, 2.05) is 30.3 Å². The van der Waals surface area contributed by atoms with Crippen LogP contribution in [0.4, 0.5) is 0 Å². The van der Waals surface area contributed by atoms with Gasteiger partial charge in [0.05, 0.1) is 9.74 Å². The molecule has 0 spiro atoms. The number of hydrogen-bond acceptors (Lipinski definition) is 4. The number of rotatable bonds is 6. The van der Waals surface area contributed by atoms with Crippen molar-refractivity contribution in [2.24, 2.45) is 11.1 Å². The van der Waals surface area contributed by atoms with Gasteiger partial charge in [0.1, 0.15) is 5.69 Å². The zero-order valence-corrected chi connectivity index (χ0v) is 21.3. The predicted molar refractivity (Wildman–Crippen MR) is 135 cm³/mol. The molecule has 2 aromatic rings. The van der Waals surface area contributed by atoms with Crippen molar-refractivity contribution in [3.63, 3.8) is 0 Å². The zero-order valence-electron chi connectivity index (χ0n) is 18.4. The van der Waals surface area contributed by atoms with Crippen LogP contribution in [-0.2, 0) is 4.79 Å². The molecule has 9 heteroatoms. The second-order valence-corrected chi connectivity index (χ2v) is 10.7. The van der Waals surface area contributed by atoms with Gasteiger partial charge in [0, 0.05) is 61.7 Å². The van der Waals surface area contributed by atoms with Crippen LogP contribution in [0, 0.1) is 9.12 Å². The Morgan fingerprint density at radius 3 is 2.66 bits per heavy atom. The van der Waals surface area contributed by atoms with Crippen molar-refractivity contribution < 1.29 is 9.59 Å². The van der Waals surface area contributed by atoms with Crippen LogP contribution in [0.5, 0.6) is 0 Å². The number of nitrogens with two attached hydrogens (primary N) is 1. The van der Waals surface area contributed by atoms with Crippen molar-refractivity contribution in [2.75, 3.05) is 46.3 Å². The van der Waals surface area contributed by atoms with E-state index in [1.54, 1.807) is 0 Å². The molecule has 3 N–H and O–H groups in total. The van der Waals surface area contributed by atoms with Gasteiger partial charge >= 0.3 is 0 Å². The average molecular weight is 570 g/mol. The molecule has 2 atom stereocenters. The second-order valence-electron chi connectivity index (χ2n) is 9.22. The van der Waals surface area contributed by atoms with E-state index < -0.39 is 5.41 Å². The van der Waals surface area contributed by atoms with Gasteiger partial charge in [-0.25, -0.2) is 0 Å². The van der Waals surface area contributed by atoms with Crippen molar-refractivity contribution in [2.45, 2.75) is 19.4 Å². The molecule has 2 amide bonds. The SMILES string of the molecule is CN1CCN(C[C@](C)(CC(N)=O)[C@H]2CNC(=O)c3cc(-c4cccc(Cl)c4)c(I)n32)CC1. The van der Waals surface area contributed by atoms with Crippen LogP contribution < -0.4 is 11.1 Å². The largest absolute Gasteiger partial charge is 0.370 e. The van der Waals surface area contributed by atoms with E-state index in [0.717, 1.165) is 47.6 Å². The monoisotopic (exact) mass is 569 g/mol. The quantitative estimate of drug-likeness (QED) is 0.524. The van der Waals surface area contributed by atoms with Crippen molar-refractivity contribution in [3.05, 3.63) is 44.7 Å². The Morgan fingerprint density at radius 2 is 2.00 bits per heavy atom. The first-order valence-electron chi connectivity index (χ1n) is 10.8. The number of benzene rings is 1. The summed E-state index contributed by atoms with van der Waals surface area (Å²) in [4.78, 5) is 29.7. The van der Waals surface area contributed by atoms with E-state index >= 15 is 0 Å². The minimum Gasteiger partial charge on any atom is -0.370 e. The lowest BCUT2D eigenvalue weighted by atomic mass is 9.77. The number of halogens is 2. The Kier molecular flexibility index (Phi) is 6.86. The minimum absolute atomic E-state index is 0.0952. The number of carbonyl (C=O) groups excluding carboxylic acids is 2. The molecule has 1 aromatic carbocycles. The van der Waals surface area contributed by atoms with Crippen LogP contribution in [0.1, 0.15) is 29.9 Å². The number of primary amides is 1. The highest BCUT2D eigenvalue weighted by Gasteiger charge is 2.43. The maximum absolute atomic E-state index is 12.8. The number of aromatic nitrogens is 1. The third-order valence-corrected chi connectivity index (χ3v) is 8.01. The summed E-state index contributed by atoms with van der Waals surface area (Å²) in [5, 5.41) is 3.70. The first-order chi connectivity index (χ1) is 15.2. The highest BCUT2D eigenvalue weighted by atomic mass is 127. The zero-order chi connectivity index (χ0) is 23.0. The molecule has 1 aromatic heterocycles. The summed E-state index contributed by atoms with van der Waals surface area (Å²) in [5.74, 6) is -0.425. The molecule has 1 saturated heterocycles. The number of amides is 2. The molecule has 0 bridgehead atoms. The molecular formula is C23H29ClIN5O2. The van der Waals surface area contributed by atoms with Crippen LogP contribution in [0.2, 0.25) is 5.02 Å². The van der Waals surface area contributed by atoms with Gasteiger partial charge in [-0.15, -0.1) is 0 Å². The van der Waals surface area contributed by atoms with E-state index in [9.17, 15) is 9.59 Å². The first kappa shape index (κ1) is 23.5. The number of piperazine rings is 1. The summed E-state index contributed by atoms with van der Waals surface area (Å²) >= 11 is 8.54. The molecule has 1 fully saturated rings. The van der Waals surface area contributed by atoms with Gasteiger partial charge in [-0.2, -0.15) is 0 Å². The van der Waals surface area contributed by atoms with Crippen LogP contribution in [0.25, 0.3) is 11.1 Å². The number of nitrogens with one attached hydrogen (secondary N) is 1. The normalized spacial score (nSPS) is 21.6. The first-order valence-corrected chi connectivity index (χ1v) is 12.3. The molecule has 0 aliphatic carbocycles. The number of hydrogen-bond donors (Lipinski definition) is 2. The van der Waals surface area contributed by atoms with Crippen LogP contribution in [0.15, 0.2) is 30.3 Å². The summed E-state index contributed by atoms with van der Waals surface area (Å²) < 4.78 is 3.07. The molecule has 0 radical (unpaired) electrons. The molecule has 2 aliphatic rings. The summed E-state index contributed by atoms with van der Waals surface area (Å²) in [6, 6.07) is 9.48. The third kappa shape index (κ3) is 4.69. The van der Waals surface area contributed by atoms with Gasteiger partial charge in [0.25, 0.3) is 5.91 Å². The fourth-order valence-electron chi connectivity index (χ4n) is 4.96.